The molecular weight excluding hydrogens is 216 g/mol. The van der Waals surface area contributed by atoms with Gasteiger partial charge in [0.25, 0.3) is 0 Å². The third-order valence-electron chi connectivity index (χ3n) is 3.17. The van der Waals surface area contributed by atoms with Crippen molar-refractivity contribution in [3.63, 3.8) is 0 Å². The molecular formula is C18H34. The summed E-state index contributed by atoms with van der Waals surface area (Å²) in [4.78, 5) is 0. The fourth-order valence-corrected chi connectivity index (χ4v) is 2.00. The van der Waals surface area contributed by atoms with Gasteiger partial charge >= 0.3 is 0 Å². The van der Waals surface area contributed by atoms with Crippen molar-refractivity contribution in [1.29, 1.82) is 0 Å². The lowest BCUT2D eigenvalue weighted by atomic mass is 10.1. The van der Waals surface area contributed by atoms with Gasteiger partial charge in [-0.1, -0.05) is 70.8 Å². The molecule has 0 aliphatic heterocycles. The SMILES string of the molecule is CC/C=C/CCCCCCCC/C=C/CC(C)C. The summed E-state index contributed by atoms with van der Waals surface area (Å²) in [5.41, 5.74) is 0. The zero-order chi connectivity index (χ0) is 13.5. The van der Waals surface area contributed by atoms with Crippen molar-refractivity contribution in [2.24, 2.45) is 5.92 Å². The first-order chi connectivity index (χ1) is 8.77. The van der Waals surface area contributed by atoms with Crippen LogP contribution in [0, 0.1) is 5.92 Å². The van der Waals surface area contributed by atoms with Gasteiger partial charge in [0.05, 0.1) is 0 Å². The summed E-state index contributed by atoms with van der Waals surface area (Å²) in [6.45, 7) is 6.76. The molecule has 0 aliphatic carbocycles. The van der Waals surface area contributed by atoms with Crippen molar-refractivity contribution in [2.45, 2.75) is 85.0 Å². The number of allylic oxidation sites excluding steroid dienone is 4. The summed E-state index contributed by atoms with van der Waals surface area (Å²) in [7, 11) is 0. The maximum Gasteiger partial charge on any atom is -0.0327 e. The molecule has 0 saturated heterocycles. The van der Waals surface area contributed by atoms with Crippen molar-refractivity contribution < 1.29 is 0 Å². The molecule has 0 aliphatic rings. The molecule has 0 rings (SSSR count). The molecule has 0 radical (unpaired) electrons. The highest BCUT2D eigenvalue weighted by molar-refractivity contribution is 4.82. The smallest absolute Gasteiger partial charge is 0.0327 e. The summed E-state index contributed by atoms with van der Waals surface area (Å²) >= 11 is 0. The molecule has 18 heavy (non-hydrogen) atoms. The van der Waals surface area contributed by atoms with Crippen molar-refractivity contribution >= 4 is 0 Å². The summed E-state index contributed by atoms with van der Waals surface area (Å²) in [5.74, 6) is 0.808. The van der Waals surface area contributed by atoms with Crippen molar-refractivity contribution in [3.8, 4) is 0 Å². The Morgan fingerprint density at radius 3 is 1.67 bits per heavy atom. The zero-order valence-corrected chi connectivity index (χ0v) is 13.0. The molecule has 0 atom stereocenters. The van der Waals surface area contributed by atoms with Crippen molar-refractivity contribution in [3.05, 3.63) is 24.3 Å². The van der Waals surface area contributed by atoms with E-state index in [0.29, 0.717) is 0 Å². The monoisotopic (exact) mass is 250 g/mol. The minimum Gasteiger partial charge on any atom is -0.0888 e. The van der Waals surface area contributed by atoms with E-state index in [2.05, 4.69) is 45.1 Å². The average molecular weight is 250 g/mol. The maximum atomic E-state index is 2.37. The molecule has 0 unspecified atom stereocenters. The molecule has 0 aromatic heterocycles. The predicted molar refractivity (Wildman–Crippen MR) is 85.0 cm³/mol. The molecule has 0 aromatic carbocycles. The van der Waals surface area contributed by atoms with Crippen LogP contribution in [0.4, 0.5) is 0 Å². The lowest BCUT2D eigenvalue weighted by Crippen LogP contribution is -1.82. The van der Waals surface area contributed by atoms with Crippen LogP contribution in [0.25, 0.3) is 0 Å². The molecule has 0 amide bonds. The fraction of sp³-hybridized carbons (Fsp3) is 0.778. The Labute approximate surface area is 116 Å². The molecule has 0 fully saturated rings. The third kappa shape index (κ3) is 15.5. The van der Waals surface area contributed by atoms with E-state index in [9.17, 15) is 0 Å². The molecule has 0 heterocycles. The van der Waals surface area contributed by atoms with Crippen LogP contribution >= 0.6 is 0 Å². The van der Waals surface area contributed by atoms with E-state index in [1.54, 1.807) is 0 Å². The van der Waals surface area contributed by atoms with Crippen LogP contribution in [0.2, 0.25) is 0 Å². The molecule has 0 N–H and O–H groups in total. The zero-order valence-electron chi connectivity index (χ0n) is 13.0. The van der Waals surface area contributed by atoms with Gasteiger partial charge in [-0.25, -0.2) is 0 Å². The topological polar surface area (TPSA) is 0 Å². The number of hydrogen-bond donors (Lipinski definition) is 0. The molecule has 0 heteroatoms. The van der Waals surface area contributed by atoms with E-state index in [1.165, 1.54) is 64.2 Å². The number of rotatable bonds is 12. The van der Waals surface area contributed by atoms with Gasteiger partial charge in [0, 0.05) is 0 Å². The first-order valence-corrected chi connectivity index (χ1v) is 8.07. The van der Waals surface area contributed by atoms with Gasteiger partial charge in [-0.15, -0.1) is 0 Å². The van der Waals surface area contributed by atoms with E-state index in [-0.39, 0.29) is 0 Å². The average Bonchev–Trinajstić information content (AvgIpc) is 2.34. The third-order valence-corrected chi connectivity index (χ3v) is 3.17. The predicted octanol–water partition coefficient (Wildman–Crippen LogP) is 6.68. The first kappa shape index (κ1) is 17.5. The minimum atomic E-state index is 0.808. The summed E-state index contributed by atoms with van der Waals surface area (Å²) in [6, 6.07) is 0. The van der Waals surface area contributed by atoms with Crippen LogP contribution in [-0.2, 0) is 0 Å². The Morgan fingerprint density at radius 2 is 1.17 bits per heavy atom. The highest BCUT2D eigenvalue weighted by Gasteiger charge is 1.90. The van der Waals surface area contributed by atoms with Gasteiger partial charge in [0.2, 0.25) is 0 Å². The van der Waals surface area contributed by atoms with Crippen LogP contribution in [-0.4, -0.2) is 0 Å². The van der Waals surface area contributed by atoms with E-state index >= 15 is 0 Å². The van der Waals surface area contributed by atoms with E-state index in [1.807, 2.05) is 0 Å². The Kier molecular flexibility index (Phi) is 14.1. The van der Waals surface area contributed by atoms with E-state index in [4.69, 9.17) is 0 Å². The normalized spacial score (nSPS) is 12.2. The van der Waals surface area contributed by atoms with Crippen LogP contribution in [0.3, 0.4) is 0 Å². The van der Waals surface area contributed by atoms with Gasteiger partial charge in [-0.2, -0.15) is 0 Å². The van der Waals surface area contributed by atoms with Crippen LogP contribution < -0.4 is 0 Å². The van der Waals surface area contributed by atoms with Crippen LogP contribution in [0.15, 0.2) is 24.3 Å². The second-order valence-electron chi connectivity index (χ2n) is 5.68. The van der Waals surface area contributed by atoms with Gasteiger partial charge in [-0.3, -0.25) is 0 Å². The molecule has 0 nitrogen and oxygen atoms in total. The maximum absolute atomic E-state index is 2.37. The quantitative estimate of drug-likeness (QED) is 0.268. The van der Waals surface area contributed by atoms with Crippen molar-refractivity contribution in [2.75, 3.05) is 0 Å². The highest BCUT2D eigenvalue weighted by atomic mass is 14.0. The second kappa shape index (κ2) is 14.5. The summed E-state index contributed by atoms with van der Waals surface area (Å²) in [5, 5.41) is 0. The Morgan fingerprint density at radius 1 is 0.667 bits per heavy atom. The Bertz CT molecular complexity index is 198. The lowest BCUT2D eigenvalue weighted by Gasteiger charge is -2.00. The molecule has 0 saturated carbocycles. The molecule has 0 spiro atoms. The lowest BCUT2D eigenvalue weighted by molar-refractivity contribution is 0.599. The fourth-order valence-electron chi connectivity index (χ4n) is 2.00. The second-order valence-corrected chi connectivity index (χ2v) is 5.68. The van der Waals surface area contributed by atoms with Crippen LogP contribution in [0.1, 0.15) is 85.0 Å². The van der Waals surface area contributed by atoms with E-state index in [0.717, 1.165) is 5.92 Å². The van der Waals surface area contributed by atoms with Gasteiger partial charge in [0.1, 0.15) is 0 Å². The Hall–Kier alpha value is -0.520. The molecule has 0 aromatic rings. The standard InChI is InChI=1S/C18H34/c1-4-5-6-7-8-9-10-11-12-13-14-15-16-17-18(2)3/h5-6,15-16,18H,4,7-14,17H2,1-3H3/b6-5+,16-15+. The van der Waals surface area contributed by atoms with Crippen molar-refractivity contribution in [1.82, 2.24) is 0 Å². The number of unbranched alkanes of at least 4 members (excludes halogenated alkanes) is 7. The van der Waals surface area contributed by atoms with E-state index < -0.39 is 0 Å². The van der Waals surface area contributed by atoms with Gasteiger partial charge < -0.3 is 0 Å². The first-order valence-electron chi connectivity index (χ1n) is 8.07. The summed E-state index contributed by atoms with van der Waals surface area (Å²) < 4.78 is 0. The van der Waals surface area contributed by atoms with Gasteiger partial charge in [-0.05, 0) is 44.4 Å². The number of hydrogen-bond acceptors (Lipinski definition) is 0. The van der Waals surface area contributed by atoms with Gasteiger partial charge in [0.15, 0.2) is 0 Å². The molecule has 106 valence electrons. The minimum absolute atomic E-state index is 0.808. The summed E-state index contributed by atoms with van der Waals surface area (Å²) in [6.07, 6.45) is 22.8. The highest BCUT2D eigenvalue weighted by Crippen LogP contribution is 2.10. The van der Waals surface area contributed by atoms with Crippen LogP contribution in [0.5, 0.6) is 0 Å². The Balaban J connectivity index is 3.07. The largest absolute Gasteiger partial charge is 0.0888 e. The molecule has 0 bridgehead atoms.